The van der Waals surface area contributed by atoms with Crippen molar-refractivity contribution in [1.29, 1.82) is 0 Å². The van der Waals surface area contributed by atoms with Gasteiger partial charge in [-0.1, -0.05) is 12.1 Å². The van der Waals surface area contributed by atoms with Gasteiger partial charge in [-0.2, -0.15) is 13.2 Å². The average Bonchev–Trinajstić information content (AvgIpc) is 3.03. The molecule has 2 aromatic rings. The van der Waals surface area contributed by atoms with Crippen LogP contribution in [0.1, 0.15) is 6.42 Å². The van der Waals surface area contributed by atoms with Gasteiger partial charge in [0.1, 0.15) is 12.4 Å². The number of carbonyl (C=O) groups is 3. The number of benzene rings is 1. The minimum absolute atomic E-state index is 0.0701. The van der Waals surface area contributed by atoms with Crippen LogP contribution in [-0.2, 0) is 33.3 Å². The molecule has 1 aliphatic rings. The lowest BCUT2D eigenvalue weighted by atomic mass is 10.1. The predicted molar refractivity (Wildman–Crippen MR) is 156 cm³/mol. The number of nitrogens with two attached hydrogens (primary N) is 2. The third-order valence-electron chi connectivity index (χ3n) is 6.42. The summed E-state index contributed by atoms with van der Waals surface area (Å²) in [4.78, 5) is 38.1. The molecule has 1 aromatic carbocycles. The second-order valence-electron chi connectivity index (χ2n) is 9.62. The fourth-order valence-corrected chi connectivity index (χ4v) is 4.18. The Bertz CT molecular complexity index is 1280. The predicted octanol–water partition coefficient (Wildman–Crippen LogP) is 1.39. The highest BCUT2D eigenvalue weighted by atomic mass is 19.4. The molecule has 254 valence electrons. The maximum absolute atomic E-state index is 12.8. The zero-order valence-corrected chi connectivity index (χ0v) is 25.0. The van der Waals surface area contributed by atoms with Gasteiger partial charge in [-0.3, -0.25) is 4.79 Å². The number of amides is 2. The van der Waals surface area contributed by atoms with Crippen molar-refractivity contribution < 1.29 is 56.0 Å². The third-order valence-corrected chi connectivity index (χ3v) is 6.42. The molecule has 15 nitrogen and oxygen atoms in total. The van der Waals surface area contributed by atoms with Gasteiger partial charge in [0.05, 0.1) is 70.7 Å². The van der Waals surface area contributed by atoms with Crippen molar-refractivity contribution in [1.82, 2.24) is 15.1 Å². The van der Waals surface area contributed by atoms with E-state index >= 15 is 0 Å². The van der Waals surface area contributed by atoms with Crippen LogP contribution >= 0.6 is 0 Å². The van der Waals surface area contributed by atoms with Crippen molar-refractivity contribution in [3.8, 4) is 17.0 Å². The van der Waals surface area contributed by atoms with Crippen molar-refractivity contribution >= 4 is 29.5 Å². The number of halogens is 3. The molecule has 0 bridgehead atoms. The molecule has 46 heavy (non-hydrogen) atoms. The summed E-state index contributed by atoms with van der Waals surface area (Å²) in [6, 6.07) is 7.23. The lowest BCUT2D eigenvalue weighted by molar-refractivity contribution is -0.189. The maximum Gasteiger partial charge on any atom is 0.491 e. The highest BCUT2D eigenvalue weighted by Gasteiger charge is 2.41. The van der Waals surface area contributed by atoms with E-state index in [9.17, 15) is 27.6 Å². The Morgan fingerprint density at radius 1 is 0.804 bits per heavy atom. The van der Waals surface area contributed by atoms with Gasteiger partial charge in [0.25, 0.3) is 0 Å². The minimum Gasteiger partial charge on any atom is -0.447 e. The van der Waals surface area contributed by atoms with Crippen molar-refractivity contribution in [3.63, 3.8) is 0 Å². The van der Waals surface area contributed by atoms with Crippen LogP contribution in [0.25, 0.3) is 11.3 Å². The van der Waals surface area contributed by atoms with Gasteiger partial charge in [0, 0.05) is 31.7 Å². The fourth-order valence-electron chi connectivity index (χ4n) is 4.18. The number of primary amides is 1. The van der Waals surface area contributed by atoms with Gasteiger partial charge in [-0.05, 0) is 18.2 Å². The van der Waals surface area contributed by atoms with Crippen LogP contribution in [0.15, 0.2) is 30.3 Å². The molecule has 3 rings (SSSR count). The monoisotopic (exact) mass is 658 g/mol. The molecular formula is C28H37F3N6O9. The van der Waals surface area contributed by atoms with Gasteiger partial charge in [0.15, 0.2) is 5.82 Å². The van der Waals surface area contributed by atoms with Crippen LogP contribution in [0.3, 0.4) is 0 Å². The smallest absolute Gasteiger partial charge is 0.447 e. The largest absolute Gasteiger partial charge is 0.491 e. The Kier molecular flexibility index (Phi) is 14.7. The van der Waals surface area contributed by atoms with Gasteiger partial charge in [0.2, 0.25) is 5.91 Å². The summed E-state index contributed by atoms with van der Waals surface area (Å²) in [5.74, 6) is -2.64. The summed E-state index contributed by atoms with van der Waals surface area (Å²) in [7, 11) is 0. The molecule has 18 heteroatoms. The minimum atomic E-state index is -5.16. The number of nitrogens with zero attached hydrogens (tertiary/aromatic N) is 4. The number of alkyl halides is 3. The van der Waals surface area contributed by atoms with Gasteiger partial charge in [-0.25, -0.2) is 9.59 Å². The van der Waals surface area contributed by atoms with Crippen molar-refractivity contribution in [2.75, 3.05) is 96.3 Å². The van der Waals surface area contributed by atoms with E-state index < -0.39 is 18.2 Å². The zero-order chi connectivity index (χ0) is 33.4. The average molecular weight is 659 g/mol. The summed E-state index contributed by atoms with van der Waals surface area (Å²) in [5.41, 5.74) is 11.7. The number of ether oxygens (including phenoxy) is 6. The Morgan fingerprint density at radius 2 is 1.37 bits per heavy atom. The molecule has 1 aromatic heterocycles. The van der Waals surface area contributed by atoms with E-state index in [0.717, 1.165) is 0 Å². The number of esters is 1. The Morgan fingerprint density at radius 3 is 1.96 bits per heavy atom. The number of carbonyl (C=O) groups excluding carboxylic acids is 3. The van der Waals surface area contributed by atoms with E-state index in [1.165, 1.54) is 18.2 Å². The summed E-state index contributed by atoms with van der Waals surface area (Å²) < 4.78 is 68.8. The first-order chi connectivity index (χ1) is 22.1. The van der Waals surface area contributed by atoms with Crippen molar-refractivity contribution in [3.05, 3.63) is 30.3 Å². The number of rotatable bonds is 18. The summed E-state index contributed by atoms with van der Waals surface area (Å²) >= 11 is 0. The number of piperazine rings is 1. The van der Waals surface area contributed by atoms with Crippen LogP contribution in [0, 0.1) is 0 Å². The van der Waals surface area contributed by atoms with Crippen molar-refractivity contribution in [2.24, 2.45) is 5.73 Å². The molecule has 4 N–H and O–H groups in total. The standard InChI is InChI=1S/C28H37F3N6O9/c29-28(30,31)26(39)46-23-4-2-1-3-20(23)21-19-22(25(32)35-34-21)36-6-8-37(9-7-36)24(38)5-10-41-11-12-42-13-14-43-15-16-44-17-18-45-27(33)40/h1-4,19H,5-18H2,(H2,32,35)(H2,33,40). The molecule has 1 fully saturated rings. The first kappa shape index (κ1) is 36.2. The second-order valence-corrected chi connectivity index (χ2v) is 9.62. The normalized spacial score (nSPS) is 13.5. The van der Waals surface area contributed by atoms with Crippen molar-refractivity contribution in [2.45, 2.75) is 12.6 Å². The molecule has 1 aliphatic heterocycles. The second kappa shape index (κ2) is 18.6. The summed E-state index contributed by atoms with van der Waals surface area (Å²) in [6.45, 7) is 4.34. The van der Waals surface area contributed by atoms with E-state index in [4.69, 9.17) is 30.4 Å². The number of para-hydroxylation sites is 1. The Hall–Kier alpha value is -4.26. The molecule has 2 heterocycles. The number of hydrogen-bond donors (Lipinski definition) is 2. The van der Waals surface area contributed by atoms with E-state index in [2.05, 4.69) is 19.7 Å². The lowest BCUT2D eigenvalue weighted by Gasteiger charge is -2.36. The molecule has 0 aliphatic carbocycles. The number of hydrogen-bond acceptors (Lipinski definition) is 13. The van der Waals surface area contributed by atoms with E-state index in [-0.39, 0.29) is 55.0 Å². The Balaban J connectivity index is 1.33. The molecular weight excluding hydrogens is 621 g/mol. The van der Waals surface area contributed by atoms with Gasteiger partial charge >= 0.3 is 18.2 Å². The molecule has 0 saturated carbocycles. The number of anilines is 2. The van der Waals surface area contributed by atoms with E-state index in [1.807, 2.05) is 4.90 Å². The fraction of sp³-hybridized carbons (Fsp3) is 0.536. The maximum atomic E-state index is 12.8. The zero-order valence-electron chi connectivity index (χ0n) is 25.0. The van der Waals surface area contributed by atoms with Gasteiger partial charge in [-0.15, -0.1) is 10.2 Å². The van der Waals surface area contributed by atoms with Gasteiger partial charge < -0.3 is 49.7 Å². The molecule has 2 amide bonds. The molecule has 0 radical (unpaired) electrons. The van der Waals surface area contributed by atoms with Crippen LogP contribution in [-0.4, -0.2) is 125 Å². The third kappa shape index (κ3) is 12.3. The highest BCUT2D eigenvalue weighted by Crippen LogP contribution is 2.33. The quantitative estimate of drug-likeness (QED) is 0.133. The first-order valence-electron chi connectivity index (χ1n) is 14.3. The SMILES string of the molecule is NC(=O)OCCOCCOCCOCCOCCC(=O)N1CCN(c2cc(-c3ccccc3OC(=O)C(F)(F)F)nnc2N)CC1. The van der Waals surface area contributed by atoms with Crippen LogP contribution in [0.5, 0.6) is 5.75 Å². The summed E-state index contributed by atoms with van der Waals surface area (Å²) in [6.07, 6.45) is -5.81. The van der Waals surface area contributed by atoms with Crippen LogP contribution < -0.4 is 21.1 Å². The van der Waals surface area contributed by atoms with E-state index in [0.29, 0.717) is 71.5 Å². The summed E-state index contributed by atoms with van der Waals surface area (Å²) in [5, 5.41) is 7.93. The Labute approximate surface area is 262 Å². The first-order valence-corrected chi connectivity index (χ1v) is 14.3. The topological polar surface area (TPSA) is 191 Å². The highest BCUT2D eigenvalue weighted by molar-refractivity contribution is 5.82. The molecule has 0 unspecified atom stereocenters. The van der Waals surface area contributed by atoms with Crippen LogP contribution in [0.2, 0.25) is 0 Å². The number of aromatic nitrogens is 2. The molecule has 0 atom stereocenters. The molecule has 0 spiro atoms. The molecule has 1 saturated heterocycles. The van der Waals surface area contributed by atoms with Crippen LogP contribution in [0.4, 0.5) is 29.5 Å². The number of nitrogen functional groups attached to an aromatic ring is 1. The lowest BCUT2D eigenvalue weighted by Crippen LogP contribution is -2.49. The van der Waals surface area contributed by atoms with E-state index in [1.54, 1.807) is 17.0 Å².